The highest BCUT2D eigenvalue weighted by atomic mass is 79.9. The minimum atomic E-state index is -0.656. The Labute approximate surface area is 124 Å². The Morgan fingerprint density at radius 2 is 1.80 bits per heavy atom. The fourth-order valence-electron chi connectivity index (χ4n) is 1.92. The molecular formula is C15H12BrNO3. The van der Waals surface area contributed by atoms with Crippen LogP contribution in [-0.4, -0.2) is 18.6 Å². The molecule has 0 aliphatic carbocycles. The van der Waals surface area contributed by atoms with E-state index in [0.717, 1.165) is 4.47 Å². The van der Waals surface area contributed by atoms with Crippen LogP contribution in [0.5, 0.6) is 11.5 Å². The summed E-state index contributed by atoms with van der Waals surface area (Å²) in [6, 6.07) is 14.7. The molecule has 1 atom stereocenters. The molecule has 102 valence electrons. The fourth-order valence-corrected chi connectivity index (χ4v) is 2.31. The third-order valence-electron chi connectivity index (χ3n) is 2.93. The van der Waals surface area contributed by atoms with E-state index in [-0.39, 0.29) is 12.5 Å². The van der Waals surface area contributed by atoms with Gasteiger partial charge in [0.15, 0.2) is 11.5 Å². The van der Waals surface area contributed by atoms with Crippen molar-refractivity contribution in [3.63, 3.8) is 0 Å². The predicted molar refractivity (Wildman–Crippen MR) is 79.1 cm³/mol. The molecule has 1 aliphatic rings. The highest BCUT2D eigenvalue weighted by molar-refractivity contribution is 9.10. The first-order valence-corrected chi connectivity index (χ1v) is 6.97. The van der Waals surface area contributed by atoms with E-state index in [9.17, 15) is 4.79 Å². The van der Waals surface area contributed by atoms with Crippen LogP contribution in [0, 0.1) is 0 Å². The summed E-state index contributed by atoms with van der Waals surface area (Å²) in [6.07, 6.45) is -0.656. The summed E-state index contributed by atoms with van der Waals surface area (Å²) >= 11 is 3.39. The molecular weight excluding hydrogens is 322 g/mol. The summed E-state index contributed by atoms with van der Waals surface area (Å²) in [5.74, 6) is 1.02. The van der Waals surface area contributed by atoms with Gasteiger partial charge in [0.2, 0.25) is 6.10 Å². The van der Waals surface area contributed by atoms with E-state index in [4.69, 9.17) is 9.47 Å². The number of hydrogen-bond acceptors (Lipinski definition) is 3. The Morgan fingerprint density at radius 3 is 2.60 bits per heavy atom. The Hall–Kier alpha value is -2.01. The molecule has 2 aromatic carbocycles. The number of ether oxygens (including phenoxy) is 2. The maximum Gasteiger partial charge on any atom is 0.269 e. The van der Waals surface area contributed by atoms with E-state index >= 15 is 0 Å². The van der Waals surface area contributed by atoms with Gasteiger partial charge >= 0.3 is 0 Å². The van der Waals surface area contributed by atoms with E-state index < -0.39 is 6.10 Å². The second-order valence-corrected chi connectivity index (χ2v) is 5.19. The fraction of sp³-hybridized carbons (Fsp3) is 0.133. The van der Waals surface area contributed by atoms with Gasteiger partial charge in [0, 0.05) is 4.47 Å². The summed E-state index contributed by atoms with van der Waals surface area (Å²) in [5.41, 5.74) is 0.708. The zero-order valence-corrected chi connectivity index (χ0v) is 12.1. The Bertz CT molecular complexity index is 645. The zero-order valence-electron chi connectivity index (χ0n) is 10.5. The minimum Gasteiger partial charge on any atom is -0.485 e. The lowest BCUT2D eigenvalue weighted by Crippen LogP contribution is -2.40. The number of nitrogens with one attached hydrogen (secondary N) is 1. The molecule has 0 bridgehead atoms. The molecule has 0 radical (unpaired) electrons. The van der Waals surface area contributed by atoms with Gasteiger partial charge in [0.1, 0.15) is 6.61 Å². The number of fused-ring (bicyclic) bond motifs is 1. The highest BCUT2D eigenvalue weighted by Gasteiger charge is 2.27. The molecule has 0 saturated carbocycles. The molecule has 1 aliphatic heterocycles. The lowest BCUT2D eigenvalue weighted by molar-refractivity contribution is -0.125. The van der Waals surface area contributed by atoms with Crippen molar-refractivity contribution in [3.05, 3.63) is 53.0 Å². The highest BCUT2D eigenvalue weighted by Crippen LogP contribution is 2.31. The van der Waals surface area contributed by atoms with Gasteiger partial charge in [-0.1, -0.05) is 24.3 Å². The summed E-state index contributed by atoms with van der Waals surface area (Å²) in [4.78, 5) is 12.2. The standard InChI is InChI=1S/C15H12BrNO3/c16-10-5-1-2-6-11(10)17-15(18)14-9-19-12-7-3-4-8-13(12)20-14/h1-8,14H,9H2,(H,17,18). The number of amides is 1. The minimum absolute atomic E-state index is 0.202. The van der Waals surface area contributed by atoms with Gasteiger partial charge in [-0.25, -0.2) is 0 Å². The maximum absolute atomic E-state index is 12.2. The SMILES string of the molecule is O=C(Nc1ccccc1Br)C1COc2ccccc2O1. The number of benzene rings is 2. The van der Waals surface area contributed by atoms with Crippen molar-refractivity contribution in [2.45, 2.75) is 6.10 Å². The number of hydrogen-bond donors (Lipinski definition) is 1. The molecule has 4 nitrogen and oxygen atoms in total. The molecule has 0 saturated heterocycles. The van der Waals surface area contributed by atoms with Crippen LogP contribution >= 0.6 is 15.9 Å². The molecule has 20 heavy (non-hydrogen) atoms. The van der Waals surface area contributed by atoms with Crippen molar-refractivity contribution >= 4 is 27.5 Å². The summed E-state index contributed by atoms with van der Waals surface area (Å²) in [7, 11) is 0. The number of para-hydroxylation sites is 3. The van der Waals surface area contributed by atoms with Gasteiger partial charge < -0.3 is 14.8 Å². The molecule has 2 aromatic rings. The van der Waals surface area contributed by atoms with Crippen LogP contribution in [0.2, 0.25) is 0 Å². The molecule has 1 amide bonds. The van der Waals surface area contributed by atoms with Crippen molar-refractivity contribution in [2.75, 3.05) is 11.9 Å². The normalized spacial score (nSPS) is 16.6. The van der Waals surface area contributed by atoms with Crippen LogP contribution < -0.4 is 14.8 Å². The molecule has 0 aromatic heterocycles. The number of carbonyl (C=O) groups excluding carboxylic acids is 1. The van der Waals surface area contributed by atoms with E-state index in [1.807, 2.05) is 42.5 Å². The first-order chi connectivity index (χ1) is 9.74. The average molecular weight is 334 g/mol. The molecule has 1 heterocycles. The van der Waals surface area contributed by atoms with E-state index in [0.29, 0.717) is 17.2 Å². The zero-order chi connectivity index (χ0) is 13.9. The van der Waals surface area contributed by atoms with Gasteiger partial charge in [0.05, 0.1) is 5.69 Å². The van der Waals surface area contributed by atoms with Crippen molar-refractivity contribution in [2.24, 2.45) is 0 Å². The Morgan fingerprint density at radius 1 is 1.10 bits per heavy atom. The number of carbonyl (C=O) groups is 1. The monoisotopic (exact) mass is 333 g/mol. The predicted octanol–water partition coefficient (Wildman–Crippen LogP) is 3.23. The third kappa shape index (κ3) is 2.63. The lowest BCUT2D eigenvalue weighted by atomic mass is 10.2. The van der Waals surface area contributed by atoms with E-state index in [1.54, 1.807) is 6.07 Å². The Kier molecular flexibility index (Phi) is 3.60. The Balaban J connectivity index is 1.72. The van der Waals surface area contributed by atoms with Crippen LogP contribution in [0.1, 0.15) is 0 Å². The van der Waals surface area contributed by atoms with E-state index in [2.05, 4.69) is 21.2 Å². The summed E-state index contributed by atoms with van der Waals surface area (Å²) in [5, 5.41) is 2.82. The van der Waals surface area contributed by atoms with Gasteiger partial charge in [0.25, 0.3) is 5.91 Å². The van der Waals surface area contributed by atoms with Crippen molar-refractivity contribution in [1.82, 2.24) is 0 Å². The first kappa shape index (κ1) is 13.0. The van der Waals surface area contributed by atoms with Crippen LogP contribution in [0.15, 0.2) is 53.0 Å². The topological polar surface area (TPSA) is 47.6 Å². The van der Waals surface area contributed by atoms with Gasteiger partial charge in [-0.2, -0.15) is 0 Å². The molecule has 0 fully saturated rings. The van der Waals surface area contributed by atoms with Crippen molar-refractivity contribution in [1.29, 1.82) is 0 Å². The number of rotatable bonds is 2. The van der Waals surface area contributed by atoms with Crippen LogP contribution in [0.4, 0.5) is 5.69 Å². The largest absolute Gasteiger partial charge is 0.485 e. The molecule has 3 rings (SSSR count). The first-order valence-electron chi connectivity index (χ1n) is 6.18. The van der Waals surface area contributed by atoms with Gasteiger partial charge in [-0.3, -0.25) is 4.79 Å². The number of halogens is 1. The smallest absolute Gasteiger partial charge is 0.269 e. The van der Waals surface area contributed by atoms with Crippen molar-refractivity contribution in [3.8, 4) is 11.5 Å². The van der Waals surface area contributed by atoms with Crippen LogP contribution in [0.25, 0.3) is 0 Å². The molecule has 1 unspecified atom stereocenters. The second kappa shape index (κ2) is 5.54. The van der Waals surface area contributed by atoms with E-state index in [1.165, 1.54) is 0 Å². The van der Waals surface area contributed by atoms with Crippen LogP contribution in [0.3, 0.4) is 0 Å². The maximum atomic E-state index is 12.2. The van der Waals surface area contributed by atoms with Crippen molar-refractivity contribution < 1.29 is 14.3 Å². The third-order valence-corrected chi connectivity index (χ3v) is 3.62. The van der Waals surface area contributed by atoms with Crippen LogP contribution in [-0.2, 0) is 4.79 Å². The molecule has 1 N–H and O–H groups in total. The van der Waals surface area contributed by atoms with Gasteiger partial charge in [-0.05, 0) is 40.2 Å². The summed E-state index contributed by atoms with van der Waals surface area (Å²) in [6.45, 7) is 0.202. The molecule has 0 spiro atoms. The molecule has 5 heteroatoms. The second-order valence-electron chi connectivity index (χ2n) is 4.33. The quantitative estimate of drug-likeness (QED) is 0.917. The number of anilines is 1. The average Bonchev–Trinajstić information content (AvgIpc) is 2.49. The summed E-state index contributed by atoms with van der Waals surface area (Å²) < 4.78 is 12.0. The van der Waals surface area contributed by atoms with Gasteiger partial charge in [-0.15, -0.1) is 0 Å². The lowest BCUT2D eigenvalue weighted by Gasteiger charge is -2.25.